The quantitative estimate of drug-likeness (QED) is 0.297. The summed E-state index contributed by atoms with van der Waals surface area (Å²) in [5, 5.41) is 0. The monoisotopic (exact) mass is 467 g/mol. The third-order valence-corrected chi connectivity index (χ3v) is 7.61. The number of ether oxygens (including phenoxy) is 2. The lowest BCUT2D eigenvalue weighted by atomic mass is 9.68. The van der Waals surface area contributed by atoms with Gasteiger partial charge in [0.2, 0.25) is 5.91 Å². The molecule has 1 heterocycles. The molecule has 0 aromatic carbocycles. The zero-order chi connectivity index (χ0) is 25.1. The van der Waals surface area contributed by atoms with Gasteiger partial charge in [0, 0.05) is 19.0 Å². The van der Waals surface area contributed by atoms with Crippen molar-refractivity contribution in [2.75, 3.05) is 20.3 Å². The Hall–Kier alpha value is -1.59. The maximum atomic E-state index is 13.2. The van der Waals surface area contributed by atoms with E-state index in [0.717, 1.165) is 51.5 Å². The second kappa shape index (κ2) is 14.0. The van der Waals surface area contributed by atoms with Gasteiger partial charge in [-0.15, -0.1) is 0 Å². The van der Waals surface area contributed by atoms with Crippen molar-refractivity contribution in [2.45, 2.75) is 118 Å². The van der Waals surface area contributed by atoms with Crippen LogP contribution in [0.5, 0.6) is 0 Å². The lowest BCUT2D eigenvalue weighted by Gasteiger charge is -2.39. The van der Waals surface area contributed by atoms with E-state index >= 15 is 0 Å². The number of likely N-dealkylation sites (tertiary alicyclic amines) is 1. The van der Waals surface area contributed by atoms with Crippen molar-refractivity contribution in [1.29, 1.82) is 0 Å². The molecule has 33 heavy (non-hydrogen) atoms. The number of carbonyl (C=O) groups is 3. The largest absolute Gasteiger partial charge is 0.469 e. The van der Waals surface area contributed by atoms with Gasteiger partial charge in [-0.1, -0.05) is 46.5 Å². The summed E-state index contributed by atoms with van der Waals surface area (Å²) in [6.45, 7) is 13.2. The molecule has 6 heteroatoms. The van der Waals surface area contributed by atoms with Crippen LogP contribution in [0.3, 0.4) is 0 Å². The van der Waals surface area contributed by atoms with Gasteiger partial charge in [-0.3, -0.25) is 14.4 Å². The van der Waals surface area contributed by atoms with Gasteiger partial charge in [-0.05, 0) is 65.2 Å². The third kappa shape index (κ3) is 8.60. The predicted molar refractivity (Wildman–Crippen MR) is 132 cm³/mol. The summed E-state index contributed by atoms with van der Waals surface area (Å²) in [5.74, 6) is -0.0503. The third-order valence-electron chi connectivity index (χ3n) is 7.61. The number of rotatable bonds is 14. The van der Waals surface area contributed by atoms with Crippen LogP contribution in [0.2, 0.25) is 0 Å². The molecule has 1 aliphatic rings. The molecule has 1 fully saturated rings. The molecule has 0 aliphatic carbocycles. The van der Waals surface area contributed by atoms with E-state index in [-0.39, 0.29) is 23.9 Å². The molecule has 0 radical (unpaired) electrons. The first-order valence-electron chi connectivity index (χ1n) is 13.1. The SMILES string of the molecule is CCCCC(CC)COC(=O)C(C)(CC)CC(C)(CC(C)N1CCCCCC1=O)C(=O)OC. The smallest absolute Gasteiger partial charge is 0.311 e. The van der Waals surface area contributed by atoms with E-state index in [1.165, 1.54) is 7.11 Å². The van der Waals surface area contributed by atoms with Gasteiger partial charge in [0.1, 0.15) is 0 Å². The highest BCUT2D eigenvalue weighted by Gasteiger charge is 2.47. The molecule has 0 aromatic rings. The first-order chi connectivity index (χ1) is 15.6. The normalized spacial score (nSPS) is 20.2. The maximum Gasteiger partial charge on any atom is 0.311 e. The average molecular weight is 468 g/mol. The average Bonchev–Trinajstić information content (AvgIpc) is 3.02. The maximum absolute atomic E-state index is 13.2. The van der Waals surface area contributed by atoms with E-state index < -0.39 is 10.8 Å². The van der Waals surface area contributed by atoms with Gasteiger partial charge in [0.25, 0.3) is 0 Å². The lowest BCUT2D eigenvalue weighted by molar-refractivity contribution is -0.165. The number of carbonyl (C=O) groups excluding carboxylic acids is 3. The van der Waals surface area contributed by atoms with Crippen molar-refractivity contribution < 1.29 is 23.9 Å². The van der Waals surface area contributed by atoms with Crippen molar-refractivity contribution in [3.63, 3.8) is 0 Å². The molecule has 4 unspecified atom stereocenters. The van der Waals surface area contributed by atoms with Gasteiger partial charge >= 0.3 is 11.9 Å². The Morgan fingerprint density at radius 1 is 1.06 bits per heavy atom. The van der Waals surface area contributed by atoms with Crippen molar-refractivity contribution in [2.24, 2.45) is 16.7 Å². The number of hydrogen-bond donors (Lipinski definition) is 0. The molecular formula is C27H49NO5. The van der Waals surface area contributed by atoms with E-state index in [4.69, 9.17) is 9.47 Å². The highest BCUT2D eigenvalue weighted by molar-refractivity contribution is 5.81. The molecule has 1 saturated heterocycles. The summed E-state index contributed by atoms with van der Waals surface area (Å²) in [6, 6.07) is -0.102. The fraction of sp³-hybridized carbons (Fsp3) is 0.889. The molecule has 0 saturated carbocycles. The van der Waals surface area contributed by atoms with Crippen LogP contribution in [-0.2, 0) is 23.9 Å². The summed E-state index contributed by atoms with van der Waals surface area (Å²) < 4.78 is 11.0. The minimum atomic E-state index is -0.892. The molecule has 1 aliphatic heterocycles. The second-order valence-corrected chi connectivity index (χ2v) is 10.6. The molecule has 1 rings (SSSR count). The number of amides is 1. The summed E-state index contributed by atoms with van der Waals surface area (Å²) in [7, 11) is 1.39. The predicted octanol–water partition coefficient (Wildman–Crippen LogP) is 5.91. The van der Waals surface area contributed by atoms with Crippen molar-refractivity contribution >= 4 is 17.8 Å². The van der Waals surface area contributed by atoms with Gasteiger partial charge in [0.05, 0.1) is 24.5 Å². The molecule has 4 atom stereocenters. The van der Waals surface area contributed by atoms with Crippen molar-refractivity contribution in [3.8, 4) is 0 Å². The van der Waals surface area contributed by atoms with Crippen LogP contribution in [0.1, 0.15) is 112 Å². The van der Waals surface area contributed by atoms with Gasteiger partial charge in [-0.2, -0.15) is 0 Å². The van der Waals surface area contributed by atoms with Crippen LogP contribution in [0.15, 0.2) is 0 Å². The molecule has 0 bridgehead atoms. The van der Waals surface area contributed by atoms with Crippen LogP contribution in [-0.4, -0.2) is 49.0 Å². The highest BCUT2D eigenvalue weighted by atomic mass is 16.5. The summed E-state index contributed by atoms with van der Waals surface area (Å²) in [6.07, 6.45) is 9.20. The fourth-order valence-corrected chi connectivity index (χ4v) is 5.17. The molecule has 1 amide bonds. The Balaban J connectivity index is 2.98. The number of methoxy groups -OCH3 is 1. The minimum Gasteiger partial charge on any atom is -0.469 e. The topological polar surface area (TPSA) is 72.9 Å². The molecular weight excluding hydrogens is 418 g/mol. The highest BCUT2D eigenvalue weighted by Crippen LogP contribution is 2.42. The fourth-order valence-electron chi connectivity index (χ4n) is 5.17. The summed E-state index contributed by atoms with van der Waals surface area (Å²) >= 11 is 0. The number of esters is 2. The van der Waals surface area contributed by atoms with E-state index in [2.05, 4.69) is 13.8 Å². The first-order valence-corrected chi connectivity index (χ1v) is 13.1. The first kappa shape index (κ1) is 29.4. The van der Waals surface area contributed by atoms with Crippen LogP contribution in [0.25, 0.3) is 0 Å². The molecule has 6 nitrogen and oxygen atoms in total. The Bertz CT molecular complexity index is 636. The number of hydrogen-bond acceptors (Lipinski definition) is 5. The Morgan fingerprint density at radius 3 is 2.33 bits per heavy atom. The van der Waals surface area contributed by atoms with Crippen LogP contribution in [0, 0.1) is 16.7 Å². The van der Waals surface area contributed by atoms with Crippen molar-refractivity contribution in [3.05, 3.63) is 0 Å². The van der Waals surface area contributed by atoms with Crippen LogP contribution < -0.4 is 0 Å². The molecule has 0 spiro atoms. The Morgan fingerprint density at radius 2 is 1.76 bits per heavy atom. The molecule has 0 aromatic heterocycles. The number of unbranched alkanes of at least 4 members (excludes halogenated alkanes) is 1. The summed E-state index contributed by atoms with van der Waals surface area (Å²) in [4.78, 5) is 40.7. The van der Waals surface area contributed by atoms with E-state index in [0.29, 0.717) is 38.2 Å². The molecule has 192 valence electrons. The lowest BCUT2D eigenvalue weighted by Crippen LogP contribution is -2.46. The molecule has 0 N–H and O–H groups in total. The van der Waals surface area contributed by atoms with Gasteiger partial charge in [-0.25, -0.2) is 0 Å². The van der Waals surface area contributed by atoms with Gasteiger partial charge < -0.3 is 14.4 Å². The Kier molecular flexibility index (Phi) is 12.5. The van der Waals surface area contributed by atoms with Crippen LogP contribution >= 0.6 is 0 Å². The standard InChI is InChI=1S/C27H49NO5/c1-8-11-15-22(9-2)19-33-25(31)26(5,10-3)20-27(6,24(30)32-7)18-21(4)28-17-14-12-13-16-23(28)29/h21-22H,8-20H2,1-7H3. The second-order valence-electron chi connectivity index (χ2n) is 10.6. The van der Waals surface area contributed by atoms with Gasteiger partial charge in [0.15, 0.2) is 0 Å². The van der Waals surface area contributed by atoms with E-state index in [1.54, 1.807) is 0 Å². The summed E-state index contributed by atoms with van der Waals surface area (Å²) in [5.41, 5.74) is -1.69. The van der Waals surface area contributed by atoms with Crippen LogP contribution in [0.4, 0.5) is 0 Å². The number of nitrogens with zero attached hydrogens (tertiary/aromatic N) is 1. The zero-order valence-corrected chi connectivity index (χ0v) is 22.3. The van der Waals surface area contributed by atoms with E-state index in [1.807, 2.05) is 32.6 Å². The zero-order valence-electron chi connectivity index (χ0n) is 22.3. The van der Waals surface area contributed by atoms with E-state index in [9.17, 15) is 14.4 Å². The van der Waals surface area contributed by atoms with Crippen molar-refractivity contribution in [1.82, 2.24) is 4.90 Å². The minimum absolute atomic E-state index is 0.102. The Labute approximate surface area is 202 Å².